The van der Waals surface area contributed by atoms with Crippen LogP contribution in [0.4, 0.5) is 11.4 Å². The maximum absolute atomic E-state index is 12.9. The number of hydrogen-bond acceptors (Lipinski definition) is 6. The van der Waals surface area contributed by atoms with Crippen LogP contribution in [0.25, 0.3) is 0 Å². The smallest absolute Gasteiger partial charge is 0.308 e. The Morgan fingerprint density at radius 3 is 2.36 bits per heavy atom. The number of alkyl halides is 1. The van der Waals surface area contributed by atoms with E-state index in [1.165, 1.54) is 24.3 Å². The van der Waals surface area contributed by atoms with E-state index < -0.39 is 33.3 Å². The second-order valence-corrected chi connectivity index (χ2v) is 10.3. The number of nitrogen functional groups attached to an aromatic ring is 1. The fourth-order valence-electron chi connectivity index (χ4n) is 3.38. The topological polar surface area (TPSA) is 128 Å². The Hall–Kier alpha value is -3.27. The molecule has 3 aromatic rings. The average Bonchev–Trinajstić information content (AvgIpc) is 2.83. The summed E-state index contributed by atoms with van der Waals surface area (Å²) in [5, 5.41) is 2.22. The highest BCUT2D eigenvalue weighted by atomic mass is 35.5. The van der Waals surface area contributed by atoms with Crippen molar-refractivity contribution in [3.8, 4) is 0 Å². The van der Waals surface area contributed by atoms with Gasteiger partial charge in [0.05, 0.1) is 24.0 Å². The molecular weight excluding hydrogens is 525 g/mol. The number of carbonyl (C=O) groups is 2. The quantitative estimate of drug-likeness (QED) is 0.189. The van der Waals surface area contributed by atoms with Crippen LogP contribution in [0, 0.1) is 0 Å². The Kier molecular flexibility index (Phi) is 9.19. The first-order valence-electron chi connectivity index (χ1n) is 10.9. The third-order valence-electron chi connectivity index (χ3n) is 5.10. The van der Waals surface area contributed by atoms with Crippen molar-refractivity contribution in [2.24, 2.45) is 0 Å². The van der Waals surface area contributed by atoms with Gasteiger partial charge in [-0.15, -0.1) is 11.6 Å². The maximum Gasteiger partial charge on any atom is 0.308 e. The van der Waals surface area contributed by atoms with E-state index in [1.807, 2.05) is 0 Å². The van der Waals surface area contributed by atoms with Gasteiger partial charge in [0.25, 0.3) is 10.0 Å². The molecule has 2 unspecified atom stereocenters. The van der Waals surface area contributed by atoms with E-state index in [0.717, 1.165) is 0 Å². The zero-order valence-electron chi connectivity index (χ0n) is 19.3. The van der Waals surface area contributed by atoms with E-state index in [4.69, 9.17) is 33.7 Å². The average molecular weight is 550 g/mol. The van der Waals surface area contributed by atoms with Crippen molar-refractivity contribution in [2.75, 3.05) is 17.1 Å². The van der Waals surface area contributed by atoms with Crippen LogP contribution in [-0.2, 0) is 24.3 Å². The van der Waals surface area contributed by atoms with Crippen molar-refractivity contribution in [3.63, 3.8) is 0 Å². The van der Waals surface area contributed by atoms with Crippen molar-refractivity contribution >= 4 is 56.5 Å². The molecule has 0 aliphatic rings. The molecule has 8 nitrogen and oxygen atoms in total. The molecule has 0 spiro atoms. The first-order chi connectivity index (χ1) is 17.1. The molecule has 0 fully saturated rings. The molecule has 0 aliphatic heterocycles. The van der Waals surface area contributed by atoms with Gasteiger partial charge in [0.1, 0.15) is 5.38 Å². The number of benzene rings is 3. The van der Waals surface area contributed by atoms with Crippen LogP contribution in [0.3, 0.4) is 0 Å². The van der Waals surface area contributed by atoms with Crippen molar-refractivity contribution in [2.45, 2.75) is 29.7 Å². The van der Waals surface area contributed by atoms with Crippen LogP contribution < -0.4 is 15.8 Å². The Morgan fingerprint density at radius 2 is 1.69 bits per heavy atom. The number of nitrogens with one attached hydrogen (secondary N) is 2. The van der Waals surface area contributed by atoms with E-state index in [0.29, 0.717) is 21.8 Å². The monoisotopic (exact) mass is 549 g/mol. The molecule has 2 atom stereocenters. The molecule has 0 saturated heterocycles. The first kappa shape index (κ1) is 27.3. The maximum atomic E-state index is 12.9. The number of carbonyl (C=O) groups excluding carboxylic acids is 2. The molecular formula is C25H25Cl2N3O5S. The lowest BCUT2D eigenvalue weighted by molar-refractivity contribution is -0.143. The number of nitrogens with two attached hydrogens (primary N) is 1. The third-order valence-corrected chi connectivity index (χ3v) is 7.18. The van der Waals surface area contributed by atoms with E-state index in [1.54, 1.807) is 55.5 Å². The van der Waals surface area contributed by atoms with Crippen molar-refractivity contribution < 1.29 is 22.7 Å². The summed E-state index contributed by atoms with van der Waals surface area (Å²) in [5.41, 5.74) is 7.25. The minimum absolute atomic E-state index is 0.00257. The van der Waals surface area contributed by atoms with Crippen molar-refractivity contribution in [1.29, 1.82) is 0 Å². The van der Waals surface area contributed by atoms with Gasteiger partial charge in [0.15, 0.2) is 0 Å². The lowest BCUT2D eigenvalue weighted by Crippen LogP contribution is -2.33. The standard InChI is InChI=1S/C25H25Cl2N3O5S/c1-2-35-23(31)15-22(29-25(32)24(27)16-9-11-18(26)12-10-16)17-5-3-7-20(13-17)30-36(33,34)21-8-4-6-19(28)14-21/h3-14,22,24,30H,2,15,28H2,1H3,(H,29,32). The van der Waals surface area contributed by atoms with Crippen molar-refractivity contribution in [1.82, 2.24) is 5.32 Å². The van der Waals surface area contributed by atoms with Gasteiger partial charge >= 0.3 is 5.97 Å². The molecule has 11 heteroatoms. The first-order valence-corrected chi connectivity index (χ1v) is 13.2. The predicted molar refractivity (Wildman–Crippen MR) is 140 cm³/mol. The molecule has 4 N–H and O–H groups in total. The summed E-state index contributed by atoms with van der Waals surface area (Å²) < 4.78 is 33.2. The summed E-state index contributed by atoms with van der Waals surface area (Å²) in [5.74, 6) is -1.08. The van der Waals surface area contributed by atoms with Crippen LogP contribution in [-0.4, -0.2) is 26.9 Å². The molecule has 0 radical (unpaired) electrons. The molecule has 0 aliphatic carbocycles. The second-order valence-electron chi connectivity index (χ2n) is 7.79. The zero-order valence-corrected chi connectivity index (χ0v) is 21.6. The zero-order chi connectivity index (χ0) is 26.3. The highest BCUT2D eigenvalue weighted by molar-refractivity contribution is 7.92. The molecule has 0 saturated carbocycles. The number of anilines is 2. The summed E-state index contributed by atoms with van der Waals surface area (Å²) in [6.07, 6.45) is -0.185. The van der Waals surface area contributed by atoms with Gasteiger partial charge in [-0.3, -0.25) is 14.3 Å². The van der Waals surface area contributed by atoms with Gasteiger partial charge in [-0.1, -0.05) is 41.9 Å². The lowest BCUT2D eigenvalue weighted by atomic mass is 10.0. The van der Waals surface area contributed by atoms with Crippen LogP contribution in [0.5, 0.6) is 0 Å². The van der Waals surface area contributed by atoms with E-state index in [9.17, 15) is 18.0 Å². The van der Waals surface area contributed by atoms with Gasteiger partial charge in [-0.25, -0.2) is 8.42 Å². The highest BCUT2D eigenvalue weighted by Crippen LogP contribution is 2.27. The molecule has 0 bridgehead atoms. The van der Waals surface area contributed by atoms with Crippen LogP contribution in [0.1, 0.15) is 35.9 Å². The van der Waals surface area contributed by atoms with Crippen LogP contribution in [0.2, 0.25) is 5.02 Å². The fourth-order valence-corrected chi connectivity index (χ4v) is 4.82. The number of halogens is 2. The van der Waals surface area contributed by atoms with E-state index >= 15 is 0 Å². The number of ether oxygens (including phenoxy) is 1. The summed E-state index contributed by atoms with van der Waals surface area (Å²) in [6.45, 7) is 1.84. The van der Waals surface area contributed by atoms with Gasteiger partial charge in [-0.05, 0) is 60.5 Å². The van der Waals surface area contributed by atoms with Gasteiger partial charge < -0.3 is 15.8 Å². The molecule has 3 rings (SSSR count). The highest BCUT2D eigenvalue weighted by Gasteiger charge is 2.25. The van der Waals surface area contributed by atoms with E-state index in [2.05, 4.69) is 10.0 Å². The minimum atomic E-state index is -3.93. The Bertz CT molecular complexity index is 1330. The van der Waals surface area contributed by atoms with Gasteiger partial charge in [0, 0.05) is 16.4 Å². The summed E-state index contributed by atoms with van der Waals surface area (Å²) in [7, 11) is -3.93. The largest absolute Gasteiger partial charge is 0.466 e. The molecule has 3 aromatic carbocycles. The number of rotatable bonds is 10. The molecule has 0 aromatic heterocycles. The number of hydrogen-bond donors (Lipinski definition) is 3. The second kappa shape index (κ2) is 12.1. The number of amides is 1. The molecule has 36 heavy (non-hydrogen) atoms. The lowest BCUT2D eigenvalue weighted by Gasteiger charge is -2.21. The molecule has 0 heterocycles. The summed E-state index contributed by atoms with van der Waals surface area (Å²) in [6, 6.07) is 17.9. The fraction of sp³-hybridized carbons (Fsp3) is 0.200. The number of esters is 1. The Balaban J connectivity index is 1.85. The van der Waals surface area contributed by atoms with Gasteiger partial charge in [0.2, 0.25) is 5.91 Å². The van der Waals surface area contributed by atoms with Crippen LogP contribution >= 0.6 is 23.2 Å². The SMILES string of the molecule is CCOC(=O)CC(NC(=O)C(Cl)c1ccc(Cl)cc1)c1cccc(NS(=O)(=O)c2cccc(N)c2)c1. The third kappa shape index (κ3) is 7.36. The normalized spacial score (nSPS) is 12.9. The summed E-state index contributed by atoms with van der Waals surface area (Å²) in [4.78, 5) is 25.2. The predicted octanol–water partition coefficient (Wildman–Crippen LogP) is 4.81. The molecule has 1 amide bonds. The van der Waals surface area contributed by atoms with Crippen molar-refractivity contribution in [3.05, 3.63) is 88.9 Å². The number of sulfonamides is 1. The summed E-state index contributed by atoms with van der Waals surface area (Å²) >= 11 is 12.3. The minimum Gasteiger partial charge on any atom is -0.466 e. The van der Waals surface area contributed by atoms with Gasteiger partial charge in [-0.2, -0.15) is 0 Å². The van der Waals surface area contributed by atoms with E-state index in [-0.39, 0.29) is 23.6 Å². The Morgan fingerprint density at radius 1 is 1.00 bits per heavy atom. The Labute approximate surface area is 219 Å². The van der Waals surface area contributed by atoms with Crippen LogP contribution in [0.15, 0.2) is 77.7 Å². The molecule has 190 valence electrons.